The van der Waals surface area contributed by atoms with Crippen LogP contribution in [-0.4, -0.2) is 46.4 Å². The Morgan fingerprint density at radius 2 is 2.10 bits per heavy atom. The Bertz CT molecular complexity index is 81.7. The molecule has 0 aromatic carbocycles. The Kier molecular flexibility index (Phi) is 3.72. The quantitative estimate of drug-likeness (QED) is 0.486. The molecule has 0 saturated carbocycles. The molecule has 0 unspecified atom stereocenters. The summed E-state index contributed by atoms with van der Waals surface area (Å²) in [5.41, 5.74) is 0. The van der Waals surface area contributed by atoms with Crippen molar-refractivity contribution in [2.24, 2.45) is 0 Å². The summed E-state index contributed by atoms with van der Waals surface area (Å²) in [5.74, 6) is 0. The van der Waals surface area contributed by atoms with E-state index in [1.54, 1.807) is 12.0 Å². The molecule has 0 amide bonds. The molecule has 1 fully saturated rings. The molecule has 10 heavy (non-hydrogen) atoms. The number of quaternary nitrogens is 1. The Labute approximate surface area is 62.3 Å². The minimum Gasteiger partial charge on any atom is -0.379 e. The molecule has 3 nitrogen and oxygen atoms in total. The third-order valence-electron chi connectivity index (χ3n) is 1.97. The predicted molar refractivity (Wildman–Crippen MR) is 40.3 cm³/mol. The monoisotopic (exact) mass is 145 g/mol. The molecule has 1 aliphatic rings. The highest BCUT2D eigenvalue weighted by atomic mass is 16.5. The molecule has 0 spiro atoms. The fourth-order valence-electron chi connectivity index (χ4n) is 1.28. The largest absolute Gasteiger partial charge is 0.379 e. The van der Waals surface area contributed by atoms with Crippen LogP contribution in [0.5, 0.6) is 0 Å². The zero-order valence-electron chi connectivity index (χ0n) is 6.65. The molecule has 0 bridgehead atoms. The van der Waals surface area contributed by atoms with Gasteiger partial charge in [0.05, 0.1) is 19.7 Å². The van der Waals surface area contributed by atoms with Gasteiger partial charge in [-0.05, 0) is 0 Å². The molecule has 0 aromatic rings. The maximum absolute atomic E-state index is 5.00. The summed E-state index contributed by atoms with van der Waals surface area (Å²) in [6, 6.07) is 0. The predicted octanol–water partition coefficient (Wildman–Crippen LogP) is -1.88. The van der Waals surface area contributed by atoms with Crippen molar-refractivity contribution in [3.05, 3.63) is 0 Å². The van der Waals surface area contributed by atoms with Crippen molar-refractivity contribution >= 4 is 0 Å². The van der Waals surface area contributed by atoms with Crippen LogP contribution in [0.25, 0.3) is 0 Å². The second-order valence-corrected chi connectivity index (χ2v) is 2.74. The van der Waals surface area contributed by atoms with Crippen LogP contribution < -0.4 is 10.2 Å². The second-order valence-electron chi connectivity index (χ2n) is 2.74. The van der Waals surface area contributed by atoms with Crippen molar-refractivity contribution in [2.45, 2.75) is 0 Å². The van der Waals surface area contributed by atoms with E-state index in [-0.39, 0.29) is 0 Å². The van der Waals surface area contributed by atoms with Gasteiger partial charge in [0, 0.05) is 20.2 Å². The van der Waals surface area contributed by atoms with E-state index in [0.717, 1.165) is 13.2 Å². The Morgan fingerprint density at radius 1 is 1.40 bits per heavy atom. The summed E-state index contributed by atoms with van der Waals surface area (Å²) >= 11 is 0. The van der Waals surface area contributed by atoms with E-state index < -0.39 is 0 Å². The zero-order chi connectivity index (χ0) is 7.23. The molecule has 1 rings (SSSR count). The maximum atomic E-state index is 5.00. The van der Waals surface area contributed by atoms with Gasteiger partial charge in [0.1, 0.15) is 6.54 Å². The number of hydrogen-bond acceptors (Lipinski definition) is 2. The van der Waals surface area contributed by atoms with E-state index in [1.807, 2.05) is 0 Å². The lowest BCUT2D eigenvalue weighted by Gasteiger charge is -2.23. The molecule has 0 aliphatic carbocycles. The van der Waals surface area contributed by atoms with Crippen molar-refractivity contribution in [2.75, 3.05) is 46.4 Å². The van der Waals surface area contributed by atoms with Crippen LogP contribution in [0.3, 0.4) is 0 Å². The van der Waals surface area contributed by atoms with Crippen LogP contribution >= 0.6 is 0 Å². The minimum absolute atomic E-state index is 0.898. The van der Waals surface area contributed by atoms with Crippen LogP contribution in [-0.2, 0) is 4.74 Å². The number of rotatable bonds is 3. The first-order chi connectivity index (χ1) is 4.93. The standard InChI is InChI=1S/C7H16N2O/c1-10-7-6-9-4-2-8-3-5-9/h8H,2-7H2,1H3/p+1. The number of piperazine rings is 1. The third-order valence-corrected chi connectivity index (χ3v) is 1.97. The molecule has 1 heterocycles. The smallest absolute Gasteiger partial charge is 0.101 e. The van der Waals surface area contributed by atoms with Gasteiger partial charge >= 0.3 is 0 Å². The number of nitrogens with one attached hydrogen (secondary N) is 2. The Hall–Kier alpha value is -0.120. The van der Waals surface area contributed by atoms with Crippen molar-refractivity contribution in [3.8, 4) is 0 Å². The van der Waals surface area contributed by atoms with Gasteiger partial charge in [-0.25, -0.2) is 0 Å². The van der Waals surface area contributed by atoms with Gasteiger partial charge in [0.25, 0.3) is 0 Å². The van der Waals surface area contributed by atoms with Crippen molar-refractivity contribution in [3.63, 3.8) is 0 Å². The lowest BCUT2D eigenvalue weighted by atomic mass is 10.4. The van der Waals surface area contributed by atoms with Crippen LogP contribution in [0, 0.1) is 0 Å². The summed E-state index contributed by atoms with van der Waals surface area (Å²) in [5, 5.41) is 3.33. The molecule has 0 aromatic heterocycles. The molecule has 60 valence electrons. The first-order valence-electron chi connectivity index (χ1n) is 3.96. The average Bonchev–Trinajstić information content (AvgIpc) is 2.03. The van der Waals surface area contributed by atoms with Crippen LogP contribution in [0.2, 0.25) is 0 Å². The molecule has 2 N–H and O–H groups in total. The highest BCUT2D eigenvalue weighted by molar-refractivity contribution is 4.49. The summed E-state index contributed by atoms with van der Waals surface area (Å²) < 4.78 is 5.00. The second kappa shape index (κ2) is 4.66. The van der Waals surface area contributed by atoms with Gasteiger partial charge < -0.3 is 15.0 Å². The first kappa shape index (κ1) is 7.98. The fraction of sp³-hybridized carbons (Fsp3) is 1.00. The summed E-state index contributed by atoms with van der Waals surface area (Å²) in [6.07, 6.45) is 0. The number of hydrogen-bond donors (Lipinski definition) is 2. The molecule has 0 atom stereocenters. The van der Waals surface area contributed by atoms with Gasteiger partial charge in [0.15, 0.2) is 0 Å². The van der Waals surface area contributed by atoms with E-state index in [4.69, 9.17) is 4.74 Å². The molecule has 1 saturated heterocycles. The first-order valence-corrected chi connectivity index (χ1v) is 3.96. The topological polar surface area (TPSA) is 25.7 Å². The maximum Gasteiger partial charge on any atom is 0.101 e. The van der Waals surface area contributed by atoms with Gasteiger partial charge in [-0.3, -0.25) is 0 Å². The highest BCUT2D eigenvalue weighted by Crippen LogP contribution is 1.65. The van der Waals surface area contributed by atoms with Crippen molar-refractivity contribution in [1.82, 2.24) is 5.32 Å². The van der Waals surface area contributed by atoms with Crippen molar-refractivity contribution < 1.29 is 9.64 Å². The Morgan fingerprint density at radius 3 is 2.70 bits per heavy atom. The SMILES string of the molecule is COCC[NH+]1CCNCC1. The van der Waals surface area contributed by atoms with Crippen LogP contribution in [0.4, 0.5) is 0 Å². The lowest BCUT2D eigenvalue weighted by Crippen LogP contribution is -3.15. The molecular formula is C7H17N2O+. The van der Waals surface area contributed by atoms with E-state index in [0.29, 0.717) is 0 Å². The highest BCUT2D eigenvalue weighted by Gasteiger charge is 2.10. The average molecular weight is 145 g/mol. The van der Waals surface area contributed by atoms with Gasteiger partial charge in [-0.1, -0.05) is 0 Å². The van der Waals surface area contributed by atoms with E-state index in [9.17, 15) is 0 Å². The minimum atomic E-state index is 0.898. The number of methoxy groups -OCH3 is 1. The third kappa shape index (κ3) is 2.64. The van der Waals surface area contributed by atoms with Gasteiger partial charge in [0.2, 0.25) is 0 Å². The lowest BCUT2D eigenvalue weighted by molar-refractivity contribution is -0.902. The molecule has 3 heteroatoms. The van der Waals surface area contributed by atoms with Crippen LogP contribution in [0.1, 0.15) is 0 Å². The summed E-state index contributed by atoms with van der Waals surface area (Å²) in [7, 11) is 1.77. The van der Waals surface area contributed by atoms with Crippen LogP contribution in [0.15, 0.2) is 0 Å². The zero-order valence-corrected chi connectivity index (χ0v) is 6.65. The molecular weight excluding hydrogens is 128 g/mol. The van der Waals surface area contributed by atoms with Gasteiger partial charge in [-0.15, -0.1) is 0 Å². The van der Waals surface area contributed by atoms with Crippen molar-refractivity contribution in [1.29, 1.82) is 0 Å². The molecule has 1 aliphatic heterocycles. The molecule has 0 radical (unpaired) electrons. The number of ether oxygens (including phenoxy) is 1. The van der Waals surface area contributed by atoms with Gasteiger partial charge in [-0.2, -0.15) is 0 Å². The summed E-state index contributed by atoms with van der Waals surface area (Å²) in [4.78, 5) is 1.67. The van der Waals surface area contributed by atoms with E-state index in [1.165, 1.54) is 26.2 Å². The van der Waals surface area contributed by atoms with E-state index >= 15 is 0 Å². The normalized spacial score (nSPS) is 21.3. The Balaban J connectivity index is 2.02. The fourth-order valence-corrected chi connectivity index (χ4v) is 1.28. The summed E-state index contributed by atoms with van der Waals surface area (Å²) in [6.45, 7) is 6.90. The van der Waals surface area contributed by atoms with E-state index in [2.05, 4.69) is 5.32 Å².